The van der Waals surface area contributed by atoms with Crippen molar-refractivity contribution in [2.45, 2.75) is 26.3 Å². The van der Waals surface area contributed by atoms with Gasteiger partial charge in [0, 0.05) is 26.1 Å². The van der Waals surface area contributed by atoms with Crippen LogP contribution >= 0.6 is 0 Å². The third-order valence-electron chi connectivity index (χ3n) is 3.46. The summed E-state index contributed by atoms with van der Waals surface area (Å²) in [6, 6.07) is 8.12. The molecule has 0 aliphatic heterocycles. The molecule has 1 aromatic heterocycles. The second-order valence-corrected chi connectivity index (χ2v) is 4.96. The Labute approximate surface area is 131 Å². The normalized spacial score (nSPS) is 10.8. The van der Waals surface area contributed by atoms with Crippen LogP contribution in [-0.4, -0.2) is 35.2 Å². The molecule has 0 saturated carbocycles. The molecule has 1 heterocycles. The fourth-order valence-electron chi connectivity index (χ4n) is 2.40. The fourth-order valence-corrected chi connectivity index (χ4v) is 2.40. The third kappa shape index (κ3) is 4.18. The highest BCUT2D eigenvalue weighted by Gasteiger charge is 2.10. The number of nitrogens with zero attached hydrogens (tertiary/aromatic N) is 2. The van der Waals surface area contributed by atoms with Gasteiger partial charge in [-0.25, -0.2) is 4.98 Å². The number of fused-ring (bicyclic) bond motifs is 1. The van der Waals surface area contributed by atoms with Crippen molar-refractivity contribution in [3.63, 3.8) is 0 Å². The predicted octanol–water partition coefficient (Wildman–Crippen LogP) is 2.31. The van der Waals surface area contributed by atoms with Crippen molar-refractivity contribution in [1.29, 1.82) is 0 Å². The van der Waals surface area contributed by atoms with Crippen molar-refractivity contribution >= 4 is 16.9 Å². The van der Waals surface area contributed by atoms with E-state index in [2.05, 4.69) is 22.5 Å². The average molecular weight is 301 g/mol. The standard InChI is InChI=1S/C17H23N3O2/c1-3-17(21)18-11-7-10-16-19-14-8-5-6-9-15(14)20(16)12-13-22-4-2/h3,5-6,8-9H,1,4,7,10-13H2,2H3,(H,18,21). The molecule has 0 fully saturated rings. The molecule has 0 aliphatic rings. The molecule has 0 unspecified atom stereocenters. The summed E-state index contributed by atoms with van der Waals surface area (Å²) in [7, 11) is 0. The lowest BCUT2D eigenvalue weighted by Gasteiger charge is -2.09. The van der Waals surface area contributed by atoms with E-state index in [4.69, 9.17) is 9.72 Å². The predicted molar refractivity (Wildman–Crippen MR) is 87.8 cm³/mol. The molecule has 5 heteroatoms. The maximum absolute atomic E-state index is 11.1. The second-order valence-electron chi connectivity index (χ2n) is 4.96. The first kappa shape index (κ1) is 16.2. The fraction of sp³-hybridized carbons (Fsp3) is 0.412. The monoisotopic (exact) mass is 301 g/mol. The lowest BCUT2D eigenvalue weighted by atomic mass is 10.3. The van der Waals surface area contributed by atoms with Gasteiger partial charge in [0.1, 0.15) is 5.82 Å². The van der Waals surface area contributed by atoms with Gasteiger partial charge >= 0.3 is 0 Å². The Kier molecular flexibility index (Phi) is 6.15. The number of nitrogens with one attached hydrogen (secondary N) is 1. The Bertz CT molecular complexity index is 634. The van der Waals surface area contributed by atoms with Crippen LogP contribution in [0.25, 0.3) is 11.0 Å². The van der Waals surface area contributed by atoms with Gasteiger partial charge in [0.05, 0.1) is 17.6 Å². The number of benzene rings is 1. The highest BCUT2D eigenvalue weighted by Crippen LogP contribution is 2.17. The van der Waals surface area contributed by atoms with Crippen LogP contribution in [0.5, 0.6) is 0 Å². The summed E-state index contributed by atoms with van der Waals surface area (Å²) < 4.78 is 7.67. The number of amides is 1. The average Bonchev–Trinajstić information content (AvgIpc) is 2.89. The van der Waals surface area contributed by atoms with E-state index in [0.717, 1.165) is 42.9 Å². The third-order valence-corrected chi connectivity index (χ3v) is 3.46. The first-order valence-electron chi connectivity index (χ1n) is 7.68. The van der Waals surface area contributed by atoms with Gasteiger partial charge in [-0.15, -0.1) is 0 Å². The lowest BCUT2D eigenvalue weighted by Crippen LogP contribution is -2.22. The summed E-state index contributed by atoms with van der Waals surface area (Å²) in [4.78, 5) is 15.8. The Morgan fingerprint density at radius 1 is 1.45 bits per heavy atom. The molecule has 1 N–H and O–H groups in total. The zero-order valence-electron chi connectivity index (χ0n) is 13.0. The molecule has 1 amide bonds. The minimum atomic E-state index is -0.134. The summed E-state index contributed by atoms with van der Waals surface area (Å²) in [5.74, 6) is 0.901. The van der Waals surface area contributed by atoms with E-state index in [1.54, 1.807) is 0 Å². The summed E-state index contributed by atoms with van der Waals surface area (Å²) in [6.07, 6.45) is 2.95. The number of hydrogen-bond donors (Lipinski definition) is 1. The van der Waals surface area contributed by atoms with E-state index in [9.17, 15) is 4.79 Å². The minimum Gasteiger partial charge on any atom is -0.380 e. The number of rotatable bonds is 9. The number of aryl methyl sites for hydroxylation is 1. The van der Waals surface area contributed by atoms with E-state index >= 15 is 0 Å². The van der Waals surface area contributed by atoms with Crippen LogP contribution in [0.4, 0.5) is 0 Å². The highest BCUT2D eigenvalue weighted by molar-refractivity contribution is 5.86. The van der Waals surface area contributed by atoms with Gasteiger partial charge in [-0.3, -0.25) is 4.79 Å². The van der Waals surface area contributed by atoms with Crippen LogP contribution in [0.1, 0.15) is 19.2 Å². The van der Waals surface area contributed by atoms with E-state index in [-0.39, 0.29) is 5.91 Å². The maximum atomic E-state index is 11.1. The van der Waals surface area contributed by atoms with Crippen LogP contribution in [-0.2, 0) is 22.5 Å². The highest BCUT2D eigenvalue weighted by atomic mass is 16.5. The van der Waals surface area contributed by atoms with Crippen LogP contribution < -0.4 is 5.32 Å². The van der Waals surface area contributed by atoms with Crippen molar-refractivity contribution in [3.8, 4) is 0 Å². The Morgan fingerprint density at radius 2 is 2.27 bits per heavy atom. The Balaban J connectivity index is 2.04. The van der Waals surface area contributed by atoms with Gasteiger partial charge in [0.25, 0.3) is 0 Å². The smallest absolute Gasteiger partial charge is 0.243 e. The quantitative estimate of drug-likeness (QED) is 0.571. The van der Waals surface area contributed by atoms with Gasteiger partial charge in [-0.1, -0.05) is 18.7 Å². The maximum Gasteiger partial charge on any atom is 0.243 e. The molecule has 0 bridgehead atoms. The summed E-state index contributed by atoms with van der Waals surface area (Å²) in [5, 5.41) is 2.79. The molecule has 22 heavy (non-hydrogen) atoms. The van der Waals surface area contributed by atoms with Crippen LogP contribution in [0.2, 0.25) is 0 Å². The molecule has 0 atom stereocenters. The first-order valence-corrected chi connectivity index (χ1v) is 7.68. The van der Waals surface area contributed by atoms with Crippen LogP contribution in [0.15, 0.2) is 36.9 Å². The van der Waals surface area contributed by atoms with Gasteiger partial charge in [-0.2, -0.15) is 0 Å². The number of hydrogen-bond acceptors (Lipinski definition) is 3. The van der Waals surface area contributed by atoms with Crippen molar-refractivity contribution in [2.24, 2.45) is 0 Å². The largest absolute Gasteiger partial charge is 0.380 e. The number of ether oxygens (including phenoxy) is 1. The molecule has 2 aromatic rings. The van der Waals surface area contributed by atoms with E-state index in [0.29, 0.717) is 13.2 Å². The molecule has 0 radical (unpaired) electrons. The number of carbonyl (C=O) groups is 1. The van der Waals surface area contributed by atoms with Crippen molar-refractivity contribution in [3.05, 3.63) is 42.7 Å². The molecule has 5 nitrogen and oxygen atoms in total. The van der Waals surface area contributed by atoms with Gasteiger partial charge < -0.3 is 14.6 Å². The molecule has 0 aliphatic carbocycles. The number of para-hydroxylation sites is 2. The first-order chi connectivity index (χ1) is 10.8. The molecule has 0 saturated heterocycles. The zero-order chi connectivity index (χ0) is 15.8. The summed E-state index contributed by atoms with van der Waals surface area (Å²) in [5.41, 5.74) is 2.14. The second kappa shape index (κ2) is 8.34. The van der Waals surface area contributed by atoms with Gasteiger partial charge in [0.2, 0.25) is 5.91 Å². The van der Waals surface area contributed by atoms with E-state index in [1.807, 2.05) is 25.1 Å². The van der Waals surface area contributed by atoms with Crippen LogP contribution in [0.3, 0.4) is 0 Å². The molecule has 118 valence electrons. The number of imidazole rings is 1. The van der Waals surface area contributed by atoms with Crippen molar-refractivity contribution in [1.82, 2.24) is 14.9 Å². The zero-order valence-corrected chi connectivity index (χ0v) is 13.0. The van der Waals surface area contributed by atoms with E-state index in [1.165, 1.54) is 6.08 Å². The topological polar surface area (TPSA) is 56.2 Å². The molecule has 1 aromatic carbocycles. The lowest BCUT2D eigenvalue weighted by molar-refractivity contribution is -0.116. The molecule has 2 rings (SSSR count). The SMILES string of the molecule is C=CC(=O)NCCCc1nc2ccccc2n1CCOCC. The van der Waals surface area contributed by atoms with E-state index < -0.39 is 0 Å². The summed E-state index contributed by atoms with van der Waals surface area (Å²) >= 11 is 0. The molecular formula is C17H23N3O2. The summed E-state index contributed by atoms with van der Waals surface area (Å²) in [6.45, 7) is 8.25. The van der Waals surface area contributed by atoms with Crippen molar-refractivity contribution in [2.75, 3.05) is 19.8 Å². The van der Waals surface area contributed by atoms with Crippen molar-refractivity contribution < 1.29 is 9.53 Å². The minimum absolute atomic E-state index is 0.134. The number of carbonyl (C=O) groups excluding carboxylic acids is 1. The van der Waals surface area contributed by atoms with Gasteiger partial charge in [0.15, 0.2) is 0 Å². The van der Waals surface area contributed by atoms with Gasteiger partial charge in [-0.05, 0) is 31.6 Å². The Morgan fingerprint density at radius 3 is 3.05 bits per heavy atom. The molecule has 0 spiro atoms. The van der Waals surface area contributed by atoms with Crippen LogP contribution in [0, 0.1) is 0 Å². The number of aromatic nitrogens is 2. The Hall–Kier alpha value is -2.14. The molecular weight excluding hydrogens is 278 g/mol.